The van der Waals surface area contributed by atoms with Gasteiger partial charge in [0.1, 0.15) is 0 Å². The van der Waals surface area contributed by atoms with E-state index in [2.05, 4.69) is 4.98 Å². The van der Waals surface area contributed by atoms with E-state index in [1.807, 2.05) is 30.3 Å². The first-order chi connectivity index (χ1) is 5.77. The lowest BCUT2D eigenvalue weighted by Gasteiger charge is -1.85. The average Bonchev–Trinajstić information content (AvgIpc) is 2.46. The molecule has 1 aromatic heterocycles. The molecule has 0 unspecified atom stereocenters. The molecule has 2 nitrogen and oxygen atoms in total. The van der Waals surface area contributed by atoms with Gasteiger partial charge in [-0.15, -0.1) is 0 Å². The normalized spacial score (nSPS) is 9.62. The molecule has 0 saturated heterocycles. The van der Waals surface area contributed by atoms with Crippen LogP contribution in [-0.4, -0.2) is 10.8 Å². The quantitative estimate of drug-likeness (QED) is 0.664. The lowest BCUT2D eigenvalue weighted by Crippen LogP contribution is -1.89. The topological polar surface area (TPSA) is 32.9 Å². The number of fused-ring (bicyclic) bond motifs is 1. The van der Waals surface area contributed by atoms with Crippen molar-refractivity contribution >= 4 is 16.7 Å². The van der Waals surface area contributed by atoms with E-state index in [1.165, 1.54) is 0 Å². The Morgan fingerprint density at radius 2 is 2.00 bits per heavy atom. The zero-order valence-corrected chi connectivity index (χ0v) is 6.79. The van der Waals surface area contributed by atoms with Gasteiger partial charge in [0.25, 0.3) is 0 Å². The predicted molar refractivity (Wildman–Crippen MR) is 55.0 cm³/mol. The van der Waals surface area contributed by atoms with Crippen molar-refractivity contribution in [2.75, 3.05) is 0 Å². The second-order valence-electron chi connectivity index (χ2n) is 2.83. The van der Waals surface area contributed by atoms with Crippen LogP contribution < -0.4 is 0 Å². The van der Waals surface area contributed by atoms with Crippen molar-refractivity contribution in [1.82, 2.24) is 4.98 Å². The SMILES string of the molecule is C.CC(=O)c1cc2ccccc2[nH]1. The van der Waals surface area contributed by atoms with Crippen LogP contribution in [0.5, 0.6) is 0 Å². The maximum absolute atomic E-state index is 11.0. The monoisotopic (exact) mass is 175 g/mol. The minimum absolute atomic E-state index is 0. The number of Topliss-reactive ketones (excluding diaryl/α,β-unsaturated/α-hetero) is 1. The Kier molecular flexibility index (Phi) is 2.52. The van der Waals surface area contributed by atoms with E-state index in [0.29, 0.717) is 5.69 Å². The lowest BCUT2D eigenvalue weighted by molar-refractivity contribution is 0.101. The number of benzene rings is 1. The highest BCUT2D eigenvalue weighted by molar-refractivity contribution is 5.97. The average molecular weight is 175 g/mol. The molecule has 0 spiro atoms. The molecule has 0 aliphatic carbocycles. The Morgan fingerprint density at radius 3 is 2.62 bits per heavy atom. The Labute approximate surface area is 77.6 Å². The smallest absolute Gasteiger partial charge is 0.175 e. The van der Waals surface area contributed by atoms with Gasteiger partial charge >= 0.3 is 0 Å². The van der Waals surface area contributed by atoms with Crippen LogP contribution in [0.3, 0.4) is 0 Å². The summed E-state index contributed by atoms with van der Waals surface area (Å²) in [6.07, 6.45) is 0. The third kappa shape index (κ3) is 1.61. The highest BCUT2D eigenvalue weighted by atomic mass is 16.1. The van der Waals surface area contributed by atoms with Crippen LogP contribution in [0.15, 0.2) is 30.3 Å². The molecule has 0 atom stereocenters. The van der Waals surface area contributed by atoms with E-state index in [4.69, 9.17) is 0 Å². The highest BCUT2D eigenvalue weighted by Crippen LogP contribution is 2.14. The first kappa shape index (κ1) is 9.52. The molecule has 1 N–H and O–H groups in total. The van der Waals surface area contributed by atoms with Crippen molar-refractivity contribution in [3.05, 3.63) is 36.0 Å². The molecule has 2 rings (SSSR count). The number of para-hydroxylation sites is 1. The molecule has 2 heteroatoms. The summed E-state index contributed by atoms with van der Waals surface area (Å²) < 4.78 is 0. The van der Waals surface area contributed by atoms with Gasteiger partial charge < -0.3 is 4.98 Å². The van der Waals surface area contributed by atoms with Gasteiger partial charge in [-0.05, 0) is 12.1 Å². The Balaban J connectivity index is 0.000000845. The van der Waals surface area contributed by atoms with Crippen LogP contribution >= 0.6 is 0 Å². The van der Waals surface area contributed by atoms with E-state index in [-0.39, 0.29) is 13.2 Å². The van der Waals surface area contributed by atoms with Crippen LogP contribution in [0, 0.1) is 0 Å². The molecule has 0 radical (unpaired) electrons. The summed E-state index contributed by atoms with van der Waals surface area (Å²) in [7, 11) is 0. The predicted octanol–water partition coefficient (Wildman–Crippen LogP) is 3.01. The largest absolute Gasteiger partial charge is 0.352 e. The van der Waals surface area contributed by atoms with Crippen molar-refractivity contribution in [1.29, 1.82) is 0 Å². The molecule has 0 bridgehead atoms. The number of H-pyrrole nitrogens is 1. The maximum atomic E-state index is 11.0. The van der Waals surface area contributed by atoms with Gasteiger partial charge in [-0.2, -0.15) is 0 Å². The van der Waals surface area contributed by atoms with Crippen LogP contribution in [0.25, 0.3) is 10.9 Å². The number of aromatic nitrogens is 1. The molecular weight excluding hydrogens is 162 g/mol. The molecule has 13 heavy (non-hydrogen) atoms. The molecule has 0 aliphatic rings. The molecule has 0 saturated carbocycles. The molecule has 0 amide bonds. The van der Waals surface area contributed by atoms with Gasteiger partial charge in [-0.1, -0.05) is 25.6 Å². The number of nitrogens with one attached hydrogen (secondary N) is 1. The number of aromatic amines is 1. The van der Waals surface area contributed by atoms with E-state index in [1.54, 1.807) is 6.92 Å². The minimum atomic E-state index is 0. The third-order valence-corrected chi connectivity index (χ3v) is 1.91. The van der Waals surface area contributed by atoms with Crippen molar-refractivity contribution in [3.8, 4) is 0 Å². The molecule has 1 heterocycles. The van der Waals surface area contributed by atoms with Crippen molar-refractivity contribution in [3.63, 3.8) is 0 Å². The summed E-state index contributed by atoms with van der Waals surface area (Å²) in [4.78, 5) is 14.0. The summed E-state index contributed by atoms with van der Waals surface area (Å²) in [5, 5.41) is 1.09. The van der Waals surface area contributed by atoms with Gasteiger partial charge in [0.2, 0.25) is 0 Å². The van der Waals surface area contributed by atoms with E-state index >= 15 is 0 Å². The van der Waals surface area contributed by atoms with E-state index < -0.39 is 0 Å². The summed E-state index contributed by atoms with van der Waals surface area (Å²) in [5.41, 5.74) is 1.69. The van der Waals surface area contributed by atoms with Gasteiger partial charge in [0.15, 0.2) is 5.78 Å². The van der Waals surface area contributed by atoms with Crippen LogP contribution in [0.1, 0.15) is 24.8 Å². The summed E-state index contributed by atoms with van der Waals surface area (Å²) in [6, 6.07) is 9.72. The van der Waals surface area contributed by atoms with Gasteiger partial charge in [0.05, 0.1) is 5.69 Å². The van der Waals surface area contributed by atoms with Gasteiger partial charge in [-0.3, -0.25) is 4.79 Å². The fourth-order valence-corrected chi connectivity index (χ4v) is 1.26. The number of hydrogen-bond acceptors (Lipinski definition) is 1. The summed E-state index contributed by atoms with van der Waals surface area (Å²) in [5.74, 6) is 0.0752. The maximum Gasteiger partial charge on any atom is 0.175 e. The van der Waals surface area contributed by atoms with E-state index in [9.17, 15) is 4.79 Å². The lowest BCUT2D eigenvalue weighted by atomic mass is 10.2. The molecule has 0 fully saturated rings. The van der Waals surface area contributed by atoms with Crippen molar-refractivity contribution in [2.45, 2.75) is 14.4 Å². The van der Waals surface area contributed by atoms with Crippen molar-refractivity contribution in [2.24, 2.45) is 0 Å². The fourth-order valence-electron chi connectivity index (χ4n) is 1.26. The zero-order valence-electron chi connectivity index (χ0n) is 6.79. The first-order valence-corrected chi connectivity index (χ1v) is 3.86. The Morgan fingerprint density at radius 1 is 1.31 bits per heavy atom. The van der Waals surface area contributed by atoms with Crippen LogP contribution in [0.2, 0.25) is 0 Å². The zero-order chi connectivity index (χ0) is 8.55. The molecular formula is C11H13NO. The fraction of sp³-hybridized carbons (Fsp3) is 0.182. The third-order valence-electron chi connectivity index (χ3n) is 1.91. The summed E-state index contributed by atoms with van der Waals surface area (Å²) in [6.45, 7) is 1.56. The molecule has 0 aliphatic heterocycles. The van der Waals surface area contributed by atoms with Gasteiger partial charge in [-0.25, -0.2) is 0 Å². The molecule has 2 aromatic rings. The number of carbonyl (C=O) groups excluding carboxylic acids is 1. The number of hydrogen-bond donors (Lipinski definition) is 1. The molecule has 1 aromatic carbocycles. The van der Waals surface area contributed by atoms with Gasteiger partial charge in [0, 0.05) is 17.8 Å². The number of carbonyl (C=O) groups is 1. The van der Waals surface area contributed by atoms with Crippen LogP contribution in [-0.2, 0) is 0 Å². The standard InChI is InChI=1S/C10H9NO.CH4/c1-7(12)10-6-8-4-2-3-5-9(8)11-10;/h2-6,11H,1H3;1H4. The second kappa shape index (κ2) is 3.44. The number of rotatable bonds is 1. The van der Waals surface area contributed by atoms with Crippen molar-refractivity contribution < 1.29 is 4.79 Å². The van der Waals surface area contributed by atoms with Crippen LogP contribution in [0.4, 0.5) is 0 Å². The first-order valence-electron chi connectivity index (χ1n) is 3.86. The minimum Gasteiger partial charge on any atom is -0.352 e. The second-order valence-corrected chi connectivity index (χ2v) is 2.83. The van der Waals surface area contributed by atoms with E-state index in [0.717, 1.165) is 10.9 Å². The Hall–Kier alpha value is -1.57. The Bertz CT molecular complexity index is 395. The highest BCUT2D eigenvalue weighted by Gasteiger charge is 2.02. The molecule has 68 valence electrons. The number of ketones is 1. The summed E-state index contributed by atoms with van der Waals surface area (Å²) >= 11 is 0.